The Bertz CT molecular complexity index is 1460. The standard InChI is InChI=1S/C32H28ClFN2O4/c33-26-11-6-23(7-12-26)18-31(37)36(20-24-8-13-27(34)14-9-24)28(16-22-4-2-1-3-5-22)32(38)35-19-25-10-15-29-30(17-25)40-21-39-29/h1-15,17,28H,16,18-21H2,(H,35,38). The van der Waals surface area contributed by atoms with Crippen LogP contribution in [0.15, 0.2) is 97.1 Å². The molecule has 0 radical (unpaired) electrons. The van der Waals surface area contributed by atoms with Crippen molar-refractivity contribution >= 4 is 23.4 Å². The van der Waals surface area contributed by atoms with Crippen LogP contribution in [0, 0.1) is 5.82 Å². The number of ether oxygens (including phenoxy) is 2. The van der Waals surface area contributed by atoms with Crippen molar-refractivity contribution in [2.24, 2.45) is 0 Å². The van der Waals surface area contributed by atoms with Crippen LogP contribution in [0.4, 0.5) is 4.39 Å². The maximum atomic E-state index is 13.8. The van der Waals surface area contributed by atoms with E-state index in [0.717, 1.165) is 16.7 Å². The van der Waals surface area contributed by atoms with Crippen molar-refractivity contribution < 1.29 is 23.5 Å². The second-order valence-electron chi connectivity index (χ2n) is 9.56. The van der Waals surface area contributed by atoms with E-state index in [1.54, 1.807) is 41.3 Å². The number of amides is 2. The van der Waals surface area contributed by atoms with E-state index < -0.39 is 6.04 Å². The van der Waals surface area contributed by atoms with Crippen molar-refractivity contribution in [2.75, 3.05) is 6.79 Å². The molecule has 1 aliphatic rings. The van der Waals surface area contributed by atoms with Crippen LogP contribution >= 0.6 is 11.6 Å². The molecule has 0 saturated carbocycles. The molecule has 0 bridgehead atoms. The van der Waals surface area contributed by atoms with Gasteiger partial charge in [0.25, 0.3) is 0 Å². The molecule has 204 valence electrons. The van der Waals surface area contributed by atoms with Crippen LogP contribution in [0.1, 0.15) is 22.3 Å². The first-order valence-electron chi connectivity index (χ1n) is 12.9. The summed E-state index contributed by atoms with van der Waals surface area (Å²) in [5.41, 5.74) is 3.24. The maximum Gasteiger partial charge on any atom is 0.243 e. The van der Waals surface area contributed by atoms with Gasteiger partial charge in [0.2, 0.25) is 18.6 Å². The van der Waals surface area contributed by atoms with Gasteiger partial charge in [-0.1, -0.05) is 72.3 Å². The number of hydrogen-bond acceptors (Lipinski definition) is 4. The summed E-state index contributed by atoms with van der Waals surface area (Å²) in [6.45, 7) is 0.552. The molecule has 1 N–H and O–H groups in total. The Balaban J connectivity index is 1.42. The van der Waals surface area contributed by atoms with Crippen LogP contribution in [0.3, 0.4) is 0 Å². The molecule has 0 aromatic heterocycles. The molecule has 2 amide bonds. The normalized spacial score (nSPS) is 12.6. The number of carbonyl (C=O) groups excluding carboxylic acids is 2. The molecule has 0 aliphatic carbocycles. The van der Waals surface area contributed by atoms with Crippen molar-refractivity contribution in [3.63, 3.8) is 0 Å². The molecule has 4 aromatic carbocycles. The predicted octanol–water partition coefficient (Wildman–Crippen LogP) is 5.71. The minimum absolute atomic E-state index is 0.0824. The zero-order chi connectivity index (χ0) is 27.9. The van der Waals surface area contributed by atoms with Gasteiger partial charge < -0.3 is 19.7 Å². The van der Waals surface area contributed by atoms with Crippen molar-refractivity contribution in [2.45, 2.75) is 32.0 Å². The van der Waals surface area contributed by atoms with E-state index in [1.807, 2.05) is 48.5 Å². The molecular weight excluding hydrogens is 531 g/mol. The van der Waals surface area contributed by atoms with Crippen LogP contribution in [0.25, 0.3) is 0 Å². The summed E-state index contributed by atoms with van der Waals surface area (Å²) in [6, 6.07) is 27.2. The van der Waals surface area contributed by atoms with Crippen LogP contribution in [0.2, 0.25) is 5.02 Å². The van der Waals surface area contributed by atoms with Gasteiger partial charge in [-0.2, -0.15) is 0 Å². The fraction of sp³-hybridized carbons (Fsp3) is 0.188. The Kier molecular flexibility index (Phi) is 8.62. The van der Waals surface area contributed by atoms with Crippen molar-refractivity contribution in [1.29, 1.82) is 0 Å². The first-order chi connectivity index (χ1) is 19.4. The quantitative estimate of drug-likeness (QED) is 0.271. The molecule has 40 heavy (non-hydrogen) atoms. The highest BCUT2D eigenvalue weighted by Crippen LogP contribution is 2.32. The lowest BCUT2D eigenvalue weighted by atomic mass is 10.0. The lowest BCUT2D eigenvalue weighted by Gasteiger charge is -2.32. The number of nitrogens with zero attached hydrogens (tertiary/aromatic N) is 1. The van der Waals surface area contributed by atoms with Crippen LogP contribution in [-0.4, -0.2) is 29.5 Å². The van der Waals surface area contributed by atoms with E-state index in [2.05, 4.69) is 5.32 Å². The van der Waals surface area contributed by atoms with Gasteiger partial charge >= 0.3 is 0 Å². The van der Waals surface area contributed by atoms with Gasteiger partial charge in [0.05, 0.1) is 6.42 Å². The third-order valence-electron chi connectivity index (χ3n) is 6.71. The summed E-state index contributed by atoms with van der Waals surface area (Å²) in [5.74, 6) is 0.392. The smallest absolute Gasteiger partial charge is 0.243 e. The Labute approximate surface area is 237 Å². The van der Waals surface area contributed by atoms with Gasteiger partial charge in [-0.05, 0) is 58.7 Å². The summed E-state index contributed by atoms with van der Waals surface area (Å²) in [4.78, 5) is 29.2. The average Bonchev–Trinajstić information content (AvgIpc) is 3.44. The third-order valence-corrected chi connectivity index (χ3v) is 6.96. The number of hydrogen-bond donors (Lipinski definition) is 1. The summed E-state index contributed by atoms with van der Waals surface area (Å²) < 4.78 is 24.5. The van der Waals surface area contributed by atoms with Crippen molar-refractivity contribution in [1.82, 2.24) is 10.2 Å². The van der Waals surface area contributed by atoms with Gasteiger partial charge in [-0.25, -0.2) is 4.39 Å². The molecule has 0 spiro atoms. The molecule has 0 saturated heterocycles. The van der Waals surface area contributed by atoms with E-state index in [9.17, 15) is 14.0 Å². The van der Waals surface area contributed by atoms with Crippen LogP contribution in [-0.2, 0) is 35.5 Å². The molecule has 1 heterocycles. The molecule has 4 aromatic rings. The van der Waals surface area contributed by atoms with Gasteiger partial charge in [-0.15, -0.1) is 0 Å². The fourth-order valence-electron chi connectivity index (χ4n) is 4.58. The van der Waals surface area contributed by atoms with Gasteiger partial charge in [0, 0.05) is 24.5 Å². The molecular formula is C32H28ClFN2O4. The second-order valence-corrected chi connectivity index (χ2v) is 10.00. The Morgan fingerprint density at radius 3 is 2.25 bits per heavy atom. The minimum atomic E-state index is -0.818. The van der Waals surface area contributed by atoms with Crippen molar-refractivity contribution in [3.05, 3.63) is 130 Å². The molecule has 1 aliphatic heterocycles. The van der Waals surface area contributed by atoms with E-state index in [0.29, 0.717) is 28.5 Å². The lowest BCUT2D eigenvalue weighted by molar-refractivity contribution is -0.140. The molecule has 8 heteroatoms. The molecule has 5 rings (SSSR count). The summed E-state index contributed by atoms with van der Waals surface area (Å²) in [6.07, 6.45) is 0.389. The number of rotatable bonds is 10. The minimum Gasteiger partial charge on any atom is -0.454 e. The highest BCUT2D eigenvalue weighted by atomic mass is 35.5. The molecule has 1 unspecified atom stereocenters. The van der Waals surface area contributed by atoms with Crippen LogP contribution < -0.4 is 14.8 Å². The Hall–Kier alpha value is -4.36. The first kappa shape index (κ1) is 27.2. The number of nitrogens with one attached hydrogen (secondary N) is 1. The third kappa shape index (κ3) is 6.98. The zero-order valence-corrected chi connectivity index (χ0v) is 22.4. The first-order valence-corrected chi connectivity index (χ1v) is 13.3. The Morgan fingerprint density at radius 2 is 1.50 bits per heavy atom. The number of halogens is 2. The molecule has 1 atom stereocenters. The highest BCUT2D eigenvalue weighted by Gasteiger charge is 2.30. The van der Waals surface area contributed by atoms with Gasteiger partial charge in [0.15, 0.2) is 11.5 Å². The van der Waals surface area contributed by atoms with Gasteiger partial charge in [0.1, 0.15) is 11.9 Å². The monoisotopic (exact) mass is 558 g/mol. The topological polar surface area (TPSA) is 67.9 Å². The second kappa shape index (κ2) is 12.7. The predicted molar refractivity (Wildman–Crippen MR) is 150 cm³/mol. The van der Waals surface area contributed by atoms with E-state index >= 15 is 0 Å². The van der Waals surface area contributed by atoms with Crippen molar-refractivity contribution in [3.8, 4) is 11.5 Å². The fourth-order valence-corrected chi connectivity index (χ4v) is 4.70. The average molecular weight is 559 g/mol. The molecule has 0 fully saturated rings. The van der Waals surface area contributed by atoms with E-state index in [1.165, 1.54) is 12.1 Å². The number of fused-ring (bicyclic) bond motifs is 1. The summed E-state index contributed by atoms with van der Waals surface area (Å²) in [5, 5.41) is 3.58. The zero-order valence-electron chi connectivity index (χ0n) is 21.7. The number of carbonyl (C=O) groups is 2. The number of benzene rings is 4. The Morgan fingerprint density at radius 1 is 0.825 bits per heavy atom. The van der Waals surface area contributed by atoms with Crippen LogP contribution in [0.5, 0.6) is 11.5 Å². The van der Waals surface area contributed by atoms with Gasteiger partial charge in [-0.3, -0.25) is 9.59 Å². The lowest BCUT2D eigenvalue weighted by Crippen LogP contribution is -2.50. The summed E-state index contributed by atoms with van der Waals surface area (Å²) in [7, 11) is 0. The maximum absolute atomic E-state index is 13.8. The highest BCUT2D eigenvalue weighted by molar-refractivity contribution is 6.30. The van der Waals surface area contributed by atoms with E-state index in [-0.39, 0.29) is 43.9 Å². The largest absolute Gasteiger partial charge is 0.454 e. The molecule has 6 nitrogen and oxygen atoms in total. The summed E-state index contributed by atoms with van der Waals surface area (Å²) >= 11 is 6.04. The SMILES string of the molecule is O=C(NCc1ccc2c(c1)OCO2)C(Cc1ccccc1)N(Cc1ccc(F)cc1)C(=O)Cc1ccc(Cl)cc1. The van der Waals surface area contributed by atoms with E-state index in [4.69, 9.17) is 21.1 Å².